The van der Waals surface area contributed by atoms with Gasteiger partial charge in [-0.05, 0) is 25.0 Å². The number of hydrogen-bond acceptors (Lipinski definition) is 2. The average molecular weight is 237 g/mol. The Morgan fingerprint density at radius 1 is 1.18 bits per heavy atom. The Hall–Kier alpha value is -1.09. The summed E-state index contributed by atoms with van der Waals surface area (Å²) in [5, 5.41) is 3.46. The van der Waals surface area contributed by atoms with Gasteiger partial charge in [-0.15, -0.1) is 0 Å². The third-order valence-corrected chi connectivity index (χ3v) is 3.23. The third kappa shape index (κ3) is 4.00. The van der Waals surface area contributed by atoms with Crippen LogP contribution >= 0.6 is 0 Å². The molecule has 94 valence electrons. The molecule has 17 heavy (non-hydrogen) atoms. The molecule has 0 saturated heterocycles. The average Bonchev–Trinajstić information content (AvgIpc) is 2.38. The van der Waals surface area contributed by atoms with Crippen molar-refractivity contribution in [1.82, 2.24) is 5.32 Å². The van der Waals surface area contributed by atoms with Crippen LogP contribution in [0.2, 0.25) is 0 Å². The van der Waals surface area contributed by atoms with Crippen LogP contribution in [-0.4, -0.2) is 19.2 Å². The second-order valence-electron chi connectivity index (χ2n) is 4.57. The number of ether oxygens (including phenoxy) is 1. The molecule has 3 heteroatoms. The van der Waals surface area contributed by atoms with Crippen molar-refractivity contribution in [2.24, 2.45) is 0 Å². The highest BCUT2D eigenvalue weighted by Gasteiger charge is 2.11. The Balaban J connectivity index is 1.64. The van der Waals surface area contributed by atoms with Gasteiger partial charge in [-0.2, -0.15) is 0 Å². The Morgan fingerprint density at radius 2 is 1.94 bits per heavy atom. The largest absolute Gasteiger partial charge is 0.489 e. The van der Waals surface area contributed by atoms with Crippen LogP contribution in [0, 0.1) is 5.82 Å². The zero-order valence-corrected chi connectivity index (χ0v) is 10.1. The highest BCUT2D eigenvalue weighted by atomic mass is 19.1. The molecular formula is C14H20FNO. The summed E-state index contributed by atoms with van der Waals surface area (Å²) in [6.07, 6.45) is 6.54. The number of para-hydroxylation sites is 1. The molecule has 1 N–H and O–H groups in total. The summed E-state index contributed by atoms with van der Waals surface area (Å²) in [7, 11) is 0. The van der Waals surface area contributed by atoms with E-state index in [4.69, 9.17) is 4.74 Å². The lowest BCUT2D eigenvalue weighted by atomic mass is 9.96. The molecule has 1 aromatic rings. The molecule has 1 aromatic carbocycles. The van der Waals surface area contributed by atoms with Crippen molar-refractivity contribution in [2.75, 3.05) is 13.2 Å². The minimum atomic E-state index is -0.287. The fourth-order valence-electron chi connectivity index (χ4n) is 2.29. The highest BCUT2D eigenvalue weighted by Crippen LogP contribution is 2.17. The quantitative estimate of drug-likeness (QED) is 0.794. The van der Waals surface area contributed by atoms with Gasteiger partial charge in [0.15, 0.2) is 11.6 Å². The molecule has 0 unspecified atom stereocenters. The molecule has 0 spiro atoms. The molecule has 2 nitrogen and oxygen atoms in total. The minimum Gasteiger partial charge on any atom is -0.489 e. The van der Waals surface area contributed by atoms with Gasteiger partial charge in [0.2, 0.25) is 0 Å². The predicted octanol–water partition coefficient (Wildman–Crippen LogP) is 3.13. The van der Waals surface area contributed by atoms with Crippen molar-refractivity contribution in [3.8, 4) is 5.75 Å². The van der Waals surface area contributed by atoms with Crippen molar-refractivity contribution in [3.63, 3.8) is 0 Å². The standard InChI is InChI=1S/C14H20FNO/c15-13-8-4-5-9-14(13)17-11-10-16-12-6-2-1-3-7-12/h4-5,8-9,12,16H,1-3,6-7,10-11H2. The first-order chi connectivity index (χ1) is 8.36. The zero-order valence-electron chi connectivity index (χ0n) is 10.1. The van der Waals surface area contributed by atoms with E-state index in [-0.39, 0.29) is 5.82 Å². The number of nitrogens with one attached hydrogen (secondary N) is 1. The fraction of sp³-hybridized carbons (Fsp3) is 0.571. The SMILES string of the molecule is Fc1ccccc1OCCNC1CCCCC1. The predicted molar refractivity (Wildman–Crippen MR) is 66.8 cm³/mol. The van der Waals surface area contributed by atoms with E-state index in [1.54, 1.807) is 18.2 Å². The van der Waals surface area contributed by atoms with Gasteiger partial charge in [0.25, 0.3) is 0 Å². The van der Waals surface area contributed by atoms with Crippen molar-refractivity contribution in [3.05, 3.63) is 30.1 Å². The summed E-state index contributed by atoms with van der Waals surface area (Å²) in [5.74, 6) is 0.0584. The zero-order chi connectivity index (χ0) is 11.9. The Labute approximate surface area is 102 Å². The molecule has 1 fully saturated rings. The van der Waals surface area contributed by atoms with Gasteiger partial charge in [0, 0.05) is 12.6 Å². The Kier molecular flexibility index (Phi) is 4.80. The summed E-state index contributed by atoms with van der Waals surface area (Å²) in [4.78, 5) is 0. The van der Waals surface area contributed by atoms with Gasteiger partial charge in [0.1, 0.15) is 6.61 Å². The molecule has 0 heterocycles. The van der Waals surface area contributed by atoms with Crippen LogP contribution in [0.3, 0.4) is 0 Å². The summed E-state index contributed by atoms with van der Waals surface area (Å²) >= 11 is 0. The first-order valence-electron chi connectivity index (χ1n) is 6.47. The maximum absolute atomic E-state index is 13.2. The Morgan fingerprint density at radius 3 is 2.71 bits per heavy atom. The van der Waals surface area contributed by atoms with Gasteiger partial charge in [-0.25, -0.2) is 4.39 Å². The normalized spacial score (nSPS) is 17.0. The lowest BCUT2D eigenvalue weighted by Gasteiger charge is -2.22. The molecule has 1 saturated carbocycles. The van der Waals surface area contributed by atoms with Crippen LogP contribution in [0.5, 0.6) is 5.75 Å². The van der Waals surface area contributed by atoms with Gasteiger partial charge in [-0.3, -0.25) is 0 Å². The van der Waals surface area contributed by atoms with Crippen LogP contribution in [0.1, 0.15) is 32.1 Å². The van der Waals surface area contributed by atoms with Gasteiger partial charge in [-0.1, -0.05) is 31.4 Å². The van der Waals surface area contributed by atoms with Crippen molar-refractivity contribution in [1.29, 1.82) is 0 Å². The van der Waals surface area contributed by atoms with Crippen molar-refractivity contribution >= 4 is 0 Å². The molecule has 2 rings (SSSR count). The first kappa shape index (κ1) is 12.4. The molecule has 0 aromatic heterocycles. The van der Waals surface area contributed by atoms with E-state index in [1.807, 2.05) is 0 Å². The number of halogens is 1. The van der Waals surface area contributed by atoms with E-state index in [0.717, 1.165) is 6.54 Å². The second-order valence-corrected chi connectivity index (χ2v) is 4.57. The van der Waals surface area contributed by atoms with Crippen LogP contribution in [0.25, 0.3) is 0 Å². The number of rotatable bonds is 5. The molecule has 1 aliphatic rings. The molecular weight excluding hydrogens is 217 g/mol. The number of benzene rings is 1. The van der Waals surface area contributed by atoms with E-state index >= 15 is 0 Å². The van der Waals surface area contributed by atoms with E-state index in [1.165, 1.54) is 38.2 Å². The summed E-state index contributed by atoms with van der Waals surface area (Å²) in [6, 6.07) is 7.17. The first-order valence-corrected chi connectivity index (χ1v) is 6.47. The topological polar surface area (TPSA) is 21.3 Å². The molecule has 0 bridgehead atoms. The monoisotopic (exact) mass is 237 g/mol. The van der Waals surface area contributed by atoms with Crippen LogP contribution < -0.4 is 10.1 Å². The van der Waals surface area contributed by atoms with E-state index in [0.29, 0.717) is 18.4 Å². The van der Waals surface area contributed by atoms with Crippen LogP contribution in [0.15, 0.2) is 24.3 Å². The maximum atomic E-state index is 13.2. The molecule has 0 aliphatic heterocycles. The smallest absolute Gasteiger partial charge is 0.165 e. The summed E-state index contributed by atoms with van der Waals surface area (Å²) in [5.41, 5.74) is 0. The van der Waals surface area contributed by atoms with Crippen molar-refractivity contribution < 1.29 is 9.13 Å². The molecule has 1 aliphatic carbocycles. The second kappa shape index (κ2) is 6.60. The fourth-order valence-corrected chi connectivity index (χ4v) is 2.29. The highest BCUT2D eigenvalue weighted by molar-refractivity contribution is 5.23. The summed E-state index contributed by atoms with van der Waals surface area (Å²) < 4.78 is 18.6. The third-order valence-electron chi connectivity index (χ3n) is 3.23. The van der Waals surface area contributed by atoms with E-state index < -0.39 is 0 Å². The summed E-state index contributed by atoms with van der Waals surface area (Å²) in [6.45, 7) is 1.32. The van der Waals surface area contributed by atoms with Crippen molar-refractivity contribution in [2.45, 2.75) is 38.1 Å². The molecule has 0 radical (unpaired) electrons. The lowest BCUT2D eigenvalue weighted by molar-refractivity contribution is 0.279. The van der Waals surface area contributed by atoms with E-state index in [2.05, 4.69) is 5.32 Å². The number of hydrogen-bond donors (Lipinski definition) is 1. The van der Waals surface area contributed by atoms with Gasteiger partial charge in [0.05, 0.1) is 0 Å². The van der Waals surface area contributed by atoms with Crippen LogP contribution in [0.4, 0.5) is 4.39 Å². The maximum Gasteiger partial charge on any atom is 0.165 e. The minimum absolute atomic E-state index is 0.287. The van der Waals surface area contributed by atoms with Gasteiger partial charge < -0.3 is 10.1 Å². The Bertz CT molecular complexity index is 337. The lowest BCUT2D eigenvalue weighted by Crippen LogP contribution is -2.34. The molecule has 0 amide bonds. The van der Waals surface area contributed by atoms with Gasteiger partial charge >= 0.3 is 0 Å². The molecule has 0 atom stereocenters. The van der Waals surface area contributed by atoms with E-state index in [9.17, 15) is 4.39 Å². The van der Waals surface area contributed by atoms with Crippen LogP contribution in [-0.2, 0) is 0 Å².